The van der Waals surface area contributed by atoms with Crippen LogP contribution in [0.2, 0.25) is 0 Å². The van der Waals surface area contributed by atoms with Crippen molar-refractivity contribution in [3.05, 3.63) is 35.9 Å². The van der Waals surface area contributed by atoms with E-state index in [1.165, 1.54) is 18.4 Å². The minimum absolute atomic E-state index is 0.0993. The van der Waals surface area contributed by atoms with Crippen LogP contribution in [0.1, 0.15) is 45.3 Å². The molecule has 0 aliphatic heterocycles. The maximum absolute atomic E-state index is 6.01. The molecule has 1 aromatic carbocycles. The molecular formula is C17H27NO2. The summed E-state index contributed by atoms with van der Waals surface area (Å²) in [6.45, 7) is 8.34. The van der Waals surface area contributed by atoms with Gasteiger partial charge in [-0.05, 0) is 39.2 Å². The highest BCUT2D eigenvalue weighted by atomic mass is 16.5. The van der Waals surface area contributed by atoms with Crippen molar-refractivity contribution in [1.29, 1.82) is 0 Å². The van der Waals surface area contributed by atoms with Crippen LogP contribution in [0.3, 0.4) is 0 Å². The predicted molar refractivity (Wildman–Crippen MR) is 81.9 cm³/mol. The Kier molecular flexibility index (Phi) is 5.58. The van der Waals surface area contributed by atoms with E-state index in [2.05, 4.69) is 50.4 Å². The van der Waals surface area contributed by atoms with Crippen LogP contribution in [-0.4, -0.2) is 31.4 Å². The highest BCUT2D eigenvalue weighted by Crippen LogP contribution is 2.22. The summed E-state index contributed by atoms with van der Waals surface area (Å²) in [5, 5.41) is 3.55. The van der Waals surface area contributed by atoms with E-state index >= 15 is 0 Å². The van der Waals surface area contributed by atoms with Crippen LogP contribution in [-0.2, 0) is 9.47 Å². The molecule has 1 atom stereocenters. The van der Waals surface area contributed by atoms with Gasteiger partial charge in [0.15, 0.2) is 0 Å². The van der Waals surface area contributed by atoms with Gasteiger partial charge in [0.25, 0.3) is 0 Å². The molecule has 0 radical (unpaired) electrons. The Labute approximate surface area is 122 Å². The zero-order valence-electron chi connectivity index (χ0n) is 12.9. The minimum Gasteiger partial charge on any atom is -0.373 e. The van der Waals surface area contributed by atoms with Crippen LogP contribution in [0.4, 0.5) is 0 Å². The quantitative estimate of drug-likeness (QED) is 0.739. The Morgan fingerprint density at radius 2 is 1.85 bits per heavy atom. The van der Waals surface area contributed by atoms with Crippen molar-refractivity contribution >= 4 is 0 Å². The number of benzene rings is 1. The zero-order valence-corrected chi connectivity index (χ0v) is 12.9. The van der Waals surface area contributed by atoms with E-state index in [9.17, 15) is 0 Å². The highest BCUT2D eigenvalue weighted by molar-refractivity contribution is 5.18. The normalized spacial score (nSPS) is 17.1. The molecule has 0 aromatic heterocycles. The lowest BCUT2D eigenvalue weighted by atomic mass is 10.1. The second-order valence-electron chi connectivity index (χ2n) is 6.41. The van der Waals surface area contributed by atoms with E-state index in [0.717, 1.165) is 6.54 Å². The van der Waals surface area contributed by atoms with E-state index in [1.54, 1.807) is 0 Å². The topological polar surface area (TPSA) is 30.5 Å². The molecule has 112 valence electrons. The second kappa shape index (κ2) is 7.21. The molecule has 3 nitrogen and oxygen atoms in total. The minimum atomic E-state index is -0.0993. The molecule has 2 rings (SSSR count). The molecule has 1 saturated carbocycles. The highest BCUT2D eigenvalue weighted by Gasteiger charge is 2.22. The number of rotatable bonds is 8. The monoisotopic (exact) mass is 277 g/mol. The van der Waals surface area contributed by atoms with Gasteiger partial charge in [-0.1, -0.05) is 30.3 Å². The van der Waals surface area contributed by atoms with Gasteiger partial charge < -0.3 is 14.8 Å². The summed E-state index contributed by atoms with van der Waals surface area (Å²) in [4.78, 5) is 0. The SMILES string of the molecule is CC(C)(C)OCCOC(CNC1CC1)c1ccccc1. The third-order valence-electron chi connectivity index (χ3n) is 3.28. The van der Waals surface area contributed by atoms with Crippen LogP contribution in [0, 0.1) is 0 Å². The Morgan fingerprint density at radius 1 is 1.15 bits per heavy atom. The van der Waals surface area contributed by atoms with Crippen molar-refractivity contribution in [3.63, 3.8) is 0 Å². The molecule has 0 heterocycles. The molecule has 0 saturated heterocycles. The van der Waals surface area contributed by atoms with Crippen molar-refractivity contribution in [2.24, 2.45) is 0 Å². The third-order valence-corrected chi connectivity index (χ3v) is 3.28. The average Bonchev–Trinajstić information content (AvgIpc) is 3.22. The Balaban J connectivity index is 1.79. The summed E-state index contributed by atoms with van der Waals surface area (Å²) >= 11 is 0. The largest absolute Gasteiger partial charge is 0.373 e. The molecule has 0 amide bonds. The molecule has 1 N–H and O–H groups in total. The fraction of sp³-hybridized carbons (Fsp3) is 0.647. The molecule has 1 aromatic rings. The number of hydrogen-bond acceptors (Lipinski definition) is 3. The van der Waals surface area contributed by atoms with Gasteiger partial charge in [-0.2, -0.15) is 0 Å². The molecule has 1 aliphatic rings. The summed E-state index contributed by atoms with van der Waals surface area (Å²) in [6.07, 6.45) is 2.71. The zero-order chi connectivity index (χ0) is 14.4. The van der Waals surface area contributed by atoms with E-state index in [4.69, 9.17) is 9.47 Å². The van der Waals surface area contributed by atoms with Gasteiger partial charge in [-0.25, -0.2) is 0 Å². The van der Waals surface area contributed by atoms with Crippen molar-refractivity contribution in [2.45, 2.75) is 51.4 Å². The van der Waals surface area contributed by atoms with Crippen LogP contribution in [0.25, 0.3) is 0 Å². The third kappa shape index (κ3) is 6.04. The predicted octanol–water partition coefficient (Wildman–Crippen LogP) is 3.31. The van der Waals surface area contributed by atoms with Gasteiger partial charge >= 0.3 is 0 Å². The van der Waals surface area contributed by atoms with Crippen molar-refractivity contribution in [1.82, 2.24) is 5.32 Å². The van der Waals surface area contributed by atoms with E-state index in [0.29, 0.717) is 19.3 Å². The molecule has 1 unspecified atom stereocenters. The number of hydrogen-bond donors (Lipinski definition) is 1. The van der Waals surface area contributed by atoms with Gasteiger partial charge in [0.2, 0.25) is 0 Å². The lowest BCUT2D eigenvalue weighted by Crippen LogP contribution is -2.27. The van der Waals surface area contributed by atoms with Gasteiger partial charge in [0.05, 0.1) is 24.9 Å². The van der Waals surface area contributed by atoms with Crippen molar-refractivity contribution in [2.75, 3.05) is 19.8 Å². The standard InChI is InChI=1S/C17H27NO2/c1-17(2,3)20-12-11-19-16(13-18-15-9-10-15)14-7-5-4-6-8-14/h4-8,15-16,18H,9-13H2,1-3H3. The number of nitrogens with one attached hydrogen (secondary N) is 1. The van der Waals surface area contributed by atoms with Crippen LogP contribution < -0.4 is 5.32 Å². The van der Waals surface area contributed by atoms with Gasteiger partial charge in [-0.3, -0.25) is 0 Å². The second-order valence-corrected chi connectivity index (χ2v) is 6.41. The first kappa shape index (κ1) is 15.5. The van der Waals surface area contributed by atoms with E-state index in [-0.39, 0.29) is 11.7 Å². The van der Waals surface area contributed by atoms with E-state index < -0.39 is 0 Å². The maximum Gasteiger partial charge on any atom is 0.0950 e. The molecule has 0 bridgehead atoms. The Hall–Kier alpha value is -0.900. The Bertz CT molecular complexity index is 382. The van der Waals surface area contributed by atoms with Crippen molar-refractivity contribution < 1.29 is 9.47 Å². The maximum atomic E-state index is 6.01. The van der Waals surface area contributed by atoms with Gasteiger partial charge in [-0.15, -0.1) is 0 Å². The average molecular weight is 277 g/mol. The first-order chi connectivity index (χ1) is 9.54. The summed E-state index contributed by atoms with van der Waals surface area (Å²) in [5.41, 5.74) is 1.13. The van der Waals surface area contributed by atoms with E-state index in [1.807, 2.05) is 6.07 Å². The molecule has 20 heavy (non-hydrogen) atoms. The number of ether oxygens (including phenoxy) is 2. The molecular weight excluding hydrogens is 250 g/mol. The Morgan fingerprint density at radius 3 is 2.45 bits per heavy atom. The van der Waals surface area contributed by atoms with Crippen molar-refractivity contribution in [3.8, 4) is 0 Å². The molecule has 0 spiro atoms. The fourth-order valence-electron chi connectivity index (χ4n) is 2.04. The molecule has 1 fully saturated rings. The smallest absolute Gasteiger partial charge is 0.0950 e. The van der Waals surface area contributed by atoms with Gasteiger partial charge in [0.1, 0.15) is 0 Å². The fourth-order valence-corrected chi connectivity index (χ4v) is 2.04. The van der Waals surface area contributed by atoms with Crippen LogP contribution in [0.5, 0.6) is 0 Å². The van der Waals surface area contributed by atoms with Gasteiger partial charge in [0, 0.05) is 12.6 Å². The first-order valence-corrected chi connectivity index (χ1v) is 7.58. The summed E-state index contributed by atoms with van der Waals surface area (Å²) in [6, 6.07) is 11.1. The molecule has 3 heteroatoms. The molecule has 1 aliphatic carbocycles. The van der Waals surface area contributed by atoms with Crippen LogP contribution in [0.15, 0.2) is 30.3 Å². The lowest BCUT2D eigenvalue weighted by molar-refractivity contribution is -0.0519. The van der Waals surface area contributed by atoms with Crippen LogP contribution >= 0.6 is 0 Å². The first-order valence-electron chi connectivity index (χ1n) is 7.58. The summed E-state index contributed by atoms with van der Waals surface area (Å²) in [5.74, 6) is 0. The summed E-state index contributed by atoms with van der Waals surface area (Å²) in [7, 11) is 0. The summed E-state index contributed by atoms with van der Waals surface area (Å²) < 4.78 is 11.7. The lowest BCUT2D eigenvalue weighted by Gasteiger charge is -2.22.